The monoisotopic (exact) mass is 1650 g/mol. The Kier molecular flexibility index (Phi) is 30.5. The second kappa shape index (κ2) is 37.3. The number of hydrogen-bond donors (Lipinski definition) is 4. The molecule has 0 fully saturated rings. The van der Waals surface area contributed by atoms with E-state index in [4.69, 9.17) is 61.1 Å². The number of carbonyl (C=O) groups excluding carboxylic acids is 1. The minimum atomic E-state index is -5.17. The molecule has 36 nitrogen and oxygen atoms in total. The summed E-state index contributed by atoms with van der Waals surface area (Å²) in [6.45, 7) is 0. The predicted octanol–water partition coefficient (Wildman–Crippen LogP) is 5.55. The number of aliphatic hydroxyl groups excluding tert-OH is 3. The zero-order chi connectivity index (χ0) is 80.5. The molecular weight excluding hydrogens is 1590 g/mol. The van der Waals surface area contributed by atoms with E-state index in [1.165, 1.54) is 98.0 Å². The SMILES string of the molecule is COc1nc(OC)nc(C(=O)c2cccc(Cl)c2N(C)S(=O)(=O)C(F)F)n1.COc1nc(OC)nc(C(O)c2cccc(Cl)c2N(C)S(=O)(=O)C(F)F)n1.COc1nc(OC)nc(C(O)c2cccc(F)c2N(C)S(=O)(=O)C(F)F)n1.COc1nc(OC)nc(C(O)c2cccc(F)c2NS(=O)(=O)C(F)F)n1. The van der Waals surface area contributed by atoms with E-state index in [1.807, 2.05) is 0 Å². The van der Waals surface area contributed by atoms with Crippen molar-refractivity contribution in [3.8, 4) is 48.1 Å². The number of halogens is 12. The lowest BCUT2D eigenvalue weighted by molar-refractivity contribution is 0.102. The van der Waals surface area contributed by atoms with Crippen molar-refractivity contribution in [1.82, 2.24) is 59.8 Å². The fourth-order valence-electron chi connectivity index (χ4n) is 8.12. The van der Waals surface area contributed by atoms with E-state index in [1.54, 1.807) is 0 Å². The van der Waals surface area contributed by atoms with Gasteiger partial charge in [0.25, 0.3) is 40.1 Å². The van der Waals surface area contributed by atoms with Gasteiger partial charge in [0.2, 0.25) is 11.6 Å². The first-order chi connectivity index (χ1) is 50.1. The lowest BCUT2D eigenvalue weighted by atomic mass is 10.1. The van der Waals surface area contributed by atoms with Crippen molar-refractivity contribution in [3.63, 3.8) is 0 Å². The molecule has 0 aliphatic heterocycles. The molecule has 107 heavy (non-hydrogen) atoms. The van der Waals surface area contributed by atoms with E-state index in [9.17, 15) is 97.7 Å². The highest BCUT2D eigenvalue weighted by atomic mass is 35.5. The standard InChI is InChI=1S/C14H15ClF2N4O5S.C14H13ClF2N4O5S.C14H15F3N4O5S.C13H13F3N4O5S/c3*1-21(27(23,24)12(16)17)9-7(5-4-6-8(9)15)10(22)11-18-13(25-2)20-14(19-11)26-3;1-24-12-17-10(18-13(19-12)25-2)9(21)6-4-3-5-7(14)8(6)20-26(22,23)11(15)16/h4-6,10,12,22H,1-3H3;4-6,12H,1-3H3;4-6,10,12,22H,1-3H3;3-5,9,11,20-21H,1-2H3. The average molecular weight is 1650 g/mol. The Bertz CT molecular complexity index is 4710. The molecule has 8 aromatic rings. The van der Waals surface area contributed by atoms with Crippen molar-refractivity contribution in [2.45, 2.75) is 41.3 Å². The van der Waals surface area contributed by atoms with Crippen molar-refractivity contribution < 1.29 is 136 Å². The number of anilines is 4. The summed E-state index contributed by atoms with van der Waals surface area (Å²) in [6, 6.07) is 12.3. The van der Waals surface area contributed by atoms with Gasteiger partial charge in [-0.3, -0.25) is 22.4 Å². The summed E-state index contributed by atoms with van der Waals surface area (Å²) in [4.78, 5) is 58.1. The highest BCUT2D eigenvalue weighted by Crippen LogP contribution is 2.40. The number of carbonyl (C=O) groups is 1. The maximum Gasteiger partial charge on any atom is 0.355 e. The molecule has 0 bridgehead atoms. The smallest absolute Gasteiger partial charge is 0.355 e. The number of benzene rings is 4. The number of ether oxygens (including phenoxy) is 8. The topological polar surface area (TPSA) is 465 Å². The Morgan fingerprint density at radius 3 is 1.02 bits per heavy atom. The Morgan fingerprint density at radius 2 is 0.673 bits per heavy atom. The molecule has 52 heteroatoms. The molecule has 3 atom stereocenters. The molecule has 0 saturated heterocycles. The molecule has 0 aliphatic rings. The second-order valence-corrected chi connectivity index (χ2v) is 27.9. The Hall–Kier alpha value is -10.3. The molecule has 4 N–H and O–H groups in total. The van der Waals surface area contributed by atoms with Gasteiger partial charge in [-0.25, -0.2) is 42.5 Å². The number of sulfonamides is 4. The van der Waals surface area contributed by atoms with Crippen LogP contribution in [-0.4, -0.2) is 216 Å². The number of nitrogens with zero attached hydrogens (tertiary/aromatic N) is 15. The van der Waals surface area contributed by atoms with Crippen LogP contribution in [0.1, 0.15) is 68.7 Å². The minimum Gasteiger partial charge on any atom is -0.467 e. The first kappa shape index (κ1) is 87.4. The lowest BCUT2D eigenvalue weighted by Crippen LogP contribution is -2.33. The summed E-state index contributed by atoms with van der Waals surface area (Å²) in [5, 5.41) is 31.2. The van der Waals surface area contributed by atoms with Crippen LogP contribution in [0.25, 0.3) is 0 Å². The van der Waals surface area contributed by atoms with Crippen LogP contribution in [-0.2, 0) is 40.1 Å². The normalized spacial score (nSPS) is 12.4. The Balaban J connectivity index is 0.000000256. The number of alkyl halides is 8. The molecule has 8 rings (SSSR count). The van der Waals surface area contributed by atoms with Crippen molar-refractivity contribution in [1.29, 1.82) is 0 Å². The minimum absolute atomic E-state index is 0.0568. The molecule has 0 radical (unpaired) electrons. The van der Waals surface area contributed by atoms with E-state index < -0.39 is 127 Å². The van der Waals surface area contributed by atoms with Crippen LogP contribution in [0, 0.1) is 11.6 Å². The van der Waals surface area contributed by atoms with E-state index in [0.29, 0.717) is 4.31 Å². The van der Waals surface area contributed by atoms with Gasteiger partial charge < -0.3 is 53.2 Å². The van der Waals surface area contributed by atoms with Gasteiger partial charge in [0.05, 0.1) is 95.2 Å². The van der Waals surface area contributed by atoms with Gasteiger partial charge in [-0.2, -0.15) is 75.0 Å². The molecule has 3 unspecified atom stereocenters. The maximum absolute atomic E-state index is 14.3. The van der Waals surface area contributed by atoms with E-state index in [0.717, 1.165) is 57.5 Å². The fraction of sp³-hybridized carbons (Fsp3) is 0.327. The highest BCUT2D eigenvalue weighted by Gasteiger charge is 2.38. The number of aliphatic hydroxyl groups is 3. The zero-order valence-corrected chi connectivity index (χ0v) is 60.9. The molecule has 4 heterocycles. The molecule has 0 spiro atoms. The van der Waals surface area contributed by atoms with Crippen LogP contribution in [0.3, 0.4) is 0 Å². The van der Waals surface area contributed by atoms with Crippen molar-refractivity contribution in [2.75, 3.05) is 95.7 Å². The number of ketones is 1. The largest absolute Gasteiger partial charge is 0.467 e. The average Bonchev–Trinajstić information content (AvgIpc) is 0.812. The summed E-state index contributed by atoms with van der Waals surface area (Å²) in [5.74, 6) is -19.7. The second-order valence-electron chi connectivity index (χ2n) is 19.6. The molecule has 4 aromatic carbocycles. The van der Waals surface area contributed by atoms with Crippen LogP contribution in [0.5, 0.6) is 48.1 Å². The summed E-state index contributed by atoms with van der Waals surface area (Å²) < 4.78 is 265. The van der Waals surface area contributed by atoms with Gasteiger partial charge >= 0.3 is 71.1 Å². The van der Waals surface area contributed by atoms with Crippen molar-refractivity contribution >= 4 is 91.8 Å². The van der Waals surface area contributed by atoms with Gasteiger partial charge in [-0.15, -0.1) is 19.9 Å². The maximum atomic E-state index is 14.3. The van der Waals surface area contributed by atoms with Crippen LogP contribution >= 0.6 is 23.2 Å². The summed E-state index contributed by atoms with van der Waals surface area (Å²) in [6.07, 6.45) is -5.23. The Morgan fingerprint density at radius 1 is 0.393 bits per heavy atom. The summed E-state index contributed by atoms with van der Waals surface area (Å²) in [5.41, 5.74) is -3.62. The number of para-hydroxylation sites is 4. The van der Waals surface area contributed by atoms with Gasteiger partial charge in [0, 0.05) is 37.8 Å². The molecule has 0 saturated carbocycles. The first-order valence-corrected chi connectivity index (χ1v) is 35.1. The fourth-order valence-corrected chi connectivity index (χ4v) is 11.5. The number of nitrogens with one attached hydrogen (secondary N) is 1. The highest BCUT2D eigenvalue weighted by molar-refractivity contribution is 7.93. The van der Waals surface area contributed by atoms with Crippen LogP contribution in [0.4, 0.5) is 66.7 Å². The summed E-state index contributed by atoms with van der Waals surface area (Å²) in [7, 11) is -7.94. The van der Waals surface area contributed by atoms with Crippen LogP contribution < -0.4 is 55.5 Å². The third-order valence-corrected chi connectivity index (χ3v) is 19.0. The molecule has 4 aromatic heterocycles. The number of aromatic nitrogens is 12. The van der Waals surface area contributed by atoms with Gasteiger partial charge in [-0.05, 0) is 30.3 Å². The van der Waals surface area contributed by atoms with Crippen LogP contribution in [0.15, 0.2) is 72.8 Å². The van der Waals surface area contributed by atoms with Crippen molar-refractivity contribution in [2.24, 2.45) is 0 Å². The van der Waals surface area contributed by atoms with Gasteiger partial charge in [0.1, 0.15) is 29.9 Å². The molecular formula is C55H56Cl2F10N16O20S4. The van der Waals surface area contributed by atoms with Gasteiger partial charge in [0.15, 0.2) is 17.5 Å². The van der Waals surface area contributed by atoms with E-state index in [2.05, 4.69) is 59.8 Å². The predicted molar refractivity (Wildman–Crippen MR) is 352 cm³/mol. The number of methoxy groups -OCH3 is 8. The number of hydrogen-bond acceptors (Lipinski definition) is 32. The molecule has 584 valence electrons. The van der Waals surface area contributed by atoms with Gasteiger partial charge in [-0.1, -0.05) is 65.7 Å². The lowest BCUT2D eigenvalue weighted by Gasteiger charge is -2.24. The first-order valence-electron chi connectivity index (χ1n) is 28.2. The van der Waals surface area contributed by atoms with Crippen LogP contribution in [0.2, 0.25) is 10.0 Å². The van der Waals surface area contributed by atoms with E-state index in [-0.39, 0.29) is 107 Å². The van der Waals surface area contributed by atoms with Crippen molar-refractivity contribution in [3.05, 3.63) is 140 Å². The third kappa shape index (κ3) is 20.9. The number of rotatable bonds is 28. The summed E-state index contributed by atoms with van der Waals surface area (Å²) >= 11 is 12.0. The molecule has 0 aliphatic carbocycles. The quantitative estimate of drug-likeness (QED) is 0.0345. The third-order valence-electron chi connectivity index (χ3n) is 13.3. The molecule has 0 amide bonds. The van der Waals surface area contributed by atoms with E-state index >= 15 is 0 Å². The zero-order valence-electron chi connectivity index (χ0n) is 56.1. The Labute approximate surface area is 609 Å².